The summed E-state index contributed by atoms with van der Waals surface area (Å²) in [7, 11) is 0. The molecule has 0 aliphatic carbocycles. The average molecular weight is 401 g/mol. The molecule has 5 nitrogen and oxygen atoms in total. The molecule has 3 aromatic rings. The van der Waals surface area contributed by atoms with Crippen LogP contribution in [0.3, 0.4) is 0 Å². The number of para-hydroxylation sites is 1. The van der Waals surface area contributed by atoms with Crippen molar-refractivity contribution in [2.45, 2.75) is 25.3 Å². The number of ether oxygens (including phenoxy) is 2. The molecule has 1 amide bonds. The largest absolute Gasteiger partial charge is 0.454 e. The van der Waals surface area contributed by atoms with Gasteiger partial charge in [-0.1, -0.05) is 23.7 Å². The molecular formula is C20H17ClN2O3S. The number of aromatic nitrogens is 1. The zero-order valence-corrected chi connectivity index (χ0v) is 16.1. The zero-order chi connectivity index (χ0) is 18.4. The van der Waals surface area contributed by atoms with Crippen molar-refractivity contribution < 1.29 is 14.3 Å². The van der Waals surface area contributed by atoms with E-state index in [1.54, 1.807) is 23.5 Å². The Morgan fingerprint density at radius 2 is 2.11 bits per heavy atom. The van der Waals surface area contributed by atoms with Gasteiger partial charge in [0.2, 0.25) is 6.79 Å². The summed E-state index contributed by atoms with van der Waals surface area (Å²) in [6, 6.07) is 11.5. The monoisotopic (exact) mass is 400 g/mol. The van der Waals surface area contributed by atoms with E-state index in [-0.39, 0.29) is 18.7 Å². The van der Waals surface area contributed by atoms with Crippen molar-refractivity contribution in [1.82, 2.24) is 9.88 Å². The molecule has 138 valence electrons. The number of hydrogen-bond donors (Lipinski definition) is 0. The number of rotatable bonds is 2. The summed E-state index contributed by atoms with van der Waals surface area (Å²) < 4.78 is 11.9. The summed E-state index contributed by atoms with van der Waals surface area (Å²) in [5.74, 6) is 0.994. The van der Waals surface area contributed by atoms with Gasteiger partial charge in [-0.2, -0.15) is 0 Å². The fourth-order valence-electron chi connectivity index (χ4n) is 3.72. The molecule has 0 unspecified atom stereocenters. The van der Waals surface area contributed by atoms with E-state index in [4.69, 9.17) is 26.1 Å². The second-order valence-corrected chi connectivity index (χ2v) is 8.19. The lowest BCUT2D eigenvalue weighted by molar-refractivity contribution is 0.0611. The Balaban J connectivity index is 1.50. The molecule has 1 fully saturated rings. The average Bonchev–Trinajstić information content (AvgIpc) is 3.34. The molecule has 0 spiro atoms. The van der Waals surface area contributed by atoms with E-state index in [0.29, 0.717) is 28.6 Å². The smallest absolute Gasteiger partial charge is 0.254 e. The first-order chi connectivity index (χ1) is 13.2. The van der Waals surface area contributed by atoms with Gasteiger partial charge < -0.3 is 14.4 Å². The minimum absolute atomic E-state index is 0.00662. The number of nitrogens with zero attached hydrogens (tertiary/aromatic N) is 2. The van der Waals surface area contributed by atoms with Gasteiger partial charge in [0.15, 0.2) is 11.5 Å². The molecule has 0 bridgehead atoms. The first-order valence-electron chi connectivity index (χ1n) is 8.96. The van der Waals surface area contributed by atoms with Crippen LogP contribution in [-0.2, 0) is 0 Å². The third kappa shape index (κ3) is 2.93. The van der Waals surface area contributed by atoms with Crippen LogP contribution < -0.4 is 9.47 Å². The van der Waals surface area contributed by atoms with Crippen LogP contribution in [0, 0.1) is 0 Å². The maximum absolute atomic E-state index is 13.3. The third-order valence-electron chi connectivity index (χ3n) is 5.03. The fourth-order valence-corrected chi connectivity index (χ4v) is 5.10. The highest BCUT2D eigenvalue weighted by atomic mass is 35.5. The summed E-state index contributed by atoms with van der Waals surface area (Å²) in [5.41, 5.74) is 1.51. The van der Waals surface area contributed by atoms with Gasteiger partial charge in [-0.15, -0.1) is 11.3 Å². The number of hydrogen-bond acceptors (Lipinski definition) is 5. The fraction of sp³-hybridized carbons (Fsp3) is 0.300. The van der Waals surface area contributed by atoms with Gasteiger partial charge in [0.1, 0.15) is 5.01 Å². The Labute approximate surface area is 165 Å². The van der Waals surface area contributed by atoms with Crippen LogP contribution in [0.4, 0.5) is 0 Å². The van der Waals surface area contributed by atoms with E-state index in [1.165, 1.54) is 0 Å². The Morgan fingerprint density at radius 1 is 1.22 bits per heavy atom. The standard InChI is InChI=1S/C20H17ClN2O3S/c21-13-9-12(10-16-18(13)26-11-25-16)20(24)23-8-4-3-6-15(23)19-22-14-5-1-2-7-17(14)27-19/h1-2,5,7,9-10,15H,3-4,6,8,11H2/t15-/m1/s1. The van der Waals surface area contributed by atoms with Crippen molar-refractivity contribution in [3.05, 3.63) is 52.0 Å². The van der Waals surface area contributed by atoms with Crippen molar-refractivity contribution in [3.8, 4) is 11.5 Å². The molecule has 7 heteroatoms. The normalized spacial score (nSPS) is 18.9. The van der Waals surface area contributed by atoms with Crippen molar-refractivity contribution in [1.29, 1.82) is 0 Å². The lowest BCUT2D eigenvalue weighted by Gasteiger charge is -2.34. The molecule has 3 heterocycles. The van der Waals surface area contributed by atoms with Crippen LogP contribution in [0.1, 0.15) is 40.7 Å². The maximum atomic E-state index is 13.3. The Kier molecular flexibility index (Phi) is 4.17. The first kappa shape index (κ1) is 16.8. The number of carbonyl (C=O) groups is 1. The second-order valence-electron chi connectivity index (χ2n) is 6.72. The number of fused-ring (bicyclic) bond motifs is 2. The van der Waals surface area contributed by atoms with Gasteiger partial charge in [0.25, 0.3) is 5.91 Å². The Hall–Kier alpha value is -2.31. The van der Waals surface area contributed by atoms with Gasteiger partial charge in [0.05, 0.1) is 21.3 Å². The molecule has 2 aliphatic heterocycles. The summed E-state index contributed by atoms with van der Waals surface area (Å²) in [4.78, 5) is 20.0. The SMILES string of the molecule is O=C(c1cc(Cl)c2c(c1)OCO2)N1CCCC[C@@H]1c1nc2ccccc2s1. The molecule has 5 rings (SSSR count). The van der Waals surface area contributed by atoms with Gasteiger partial charge >= 0.3 is 0 Å². The highest BCUT2D eigenvalue weighted by molar-refractivity contribution is 7.18. The predicted octanol–water partition coefficient (Wildman–Crippen LogP) is 5.05. The third-order valence-corrected chi connectivity index (χ3v) is 6.45. The summed E-state index contributed by atoms with van der Waals surface area (Å²) in [5, 5.41) is 1.40. The van der Waals surface area contributed by atoms with E-state index in [0.717, 1.165) is 34.5 Å². The lowest BCUT2D eigenvalue weighted by atomic mass is 10.0. The number of amides is 1. The van der Waals surface area contributed by atoms with Gasteiger partial charge in [0, 0.05) is 12.1 Å². The lowest BCUT2D eigenvalue weighted by Crippen LogP contribution is -2.38. The summed E-state index contributed by atoms with van der Waals surface area (Å²) >= 11 is 7.95. The molecule has 0 N–H and O–H groups in total. The van der Waals surface area contributed by atoms with Crippen LogP contribution in [0.25, 0.3) is 10.2 Å². The molecule has 2 aliphatic rings. The van der Waals surface area contributed by atoms with Gasteiger partial charge in [-0.05, 0) is 43.5 Å². The highest BCUT2D eigenvalue weighted by Crippen LogP contribution is 2.41. The van der Waals surface area contributed by atoms with Crippen molar-refractivity contribution in [3.63, 3.8) is 0 Å². The van der Waals surface area contributed by atoms with E-state index >= 15 is 0 Å². The minimum Gasteiger partial charge on any atom is -0.454 e. The predicted molar refractivity (Wildman–Crippen MR) is 105 cm³/mol. The second kappa shape index (κ2) is 6.69. The van der Waals surface area contributed by atoms with E-state index < -0.39 is 0 Å². The van der Waals surface area contributed by atoms with Crippen molar-refractivity contribution in [2.75, 3.05) is 13.3 Å². The number of thiazole rings is 1. The molecule has 0 radical (unpaired) electrons. The van der Waals surface area contributed by atoms with Crippen LogP contribution in [0.5, 0.6) is 11.5 Å². The number of benzene rings is 2. The maximum Gasteiger partial charge on any atom is 0.254 e. The number of halogens is 1. The molecule has 1 atom stereocenters. The van der Waals surface area contributed by atoms with Crippen LogP contribution in [0.2, 0.25) is 5.02 Å². The zero-order valence-electron chi connectivity index (χ0n) is 14.5. The first-order valence-corrected chi connectivity index (χ1v) is 10.2. The van der Waals surface area contributed by atoms with Crippen LogP contribution in [0.15, 0.2) is 36.4 Å². The molecular weight excluding hydrogens is 384 g/mol. The van der Waals surface area contributed by atoms with E-state index in [1.807, 2.05) is 23.1 Å². The quantitative estimate of drug-likeness (QED) is 0.604. The van der Waals surface area contributed by atoms with Crippen molar-refractivity contribution in [2.24, 2.45) is 0 Å². The molecule has 0 saturated carbocycles. The van der Waals surface area contributed by atoms with Crippen LogP contribution >= 0.6 is 22.9 Å². The van der Waals surface area contributed by atoms with Crippen molar-refractivity contribution >= 4 is 39.1 Å². The number of piperidine rings is 1. The van der Waals surface area contributed by atoms with Gasteiger partial charge in [-0.3, -0.25) is 4.79 Å². The molecule has 27 heavy (non-hydrogen) atoms. The number of carbonyl (C=O) groups excluding carboxylic acids is 1. The molecule has 1 aromatic heterocycles. The Bertz CT molecular complexity index is 1000. The molecule has 2 aromatic carbocycles. The molecule has 1 saturated heterocycles. The summed E-state index contributed by atoms with van der Waals surface area (Å²) in [6.07, 6.45) is 3.00. The minimum atomic E-state index is -0.0424. The summed E-state index contributed by atoms with van der Waals surface area (Å²) in [6.45, 7) is 0.843. The van der Waals surface area contributed by atoms with E-state index in [9.17, 15) is 4.79 Å². The van der Waals surface area contributed by atoms with Gasteiger partial charge in [-0.25, -0.2) is 4.98 Å². The van der Waals surface area contributed by atoms with E-state index in [2.05, 4.69) is 6.07 Å². The Morgan fingerprint density at radius 3 is 3.00 bits per heavy atom. The highest BCUT2D eigenvalue weighted by Gasteiger charge is 2.32. The van der Waals surface area contributed by atoms with Crippen LogP contribution in [-0.4, -0.2) is 29.1 Å². The topological polar surface area (TPSA) is 51.7 Å². The number of likely N-dealkylation sites (tertiary alicyclic amines) is 1.